The molecule has 1 aromatic rings. The highest BCUT2D eigenvalue weighted by Gasteiger charge is 2.51. The molecular formula is C28H40N6O5. The Morgan fingerprint density at radius 3 is 2.56 bits per heavy atom. The number of piperazine rings is 1. The maximum absolute atomic E-state index is 13.8. The van der Waals surface area contributed by atoms with E-state index in [0.29, 0.717) is 25.9 Å². The molecule has 2 N–H and O–H groups in total. The van der Waals surface area contributed by atoms with Crippen molar-refractivity contribution in [3.8, 4) is 0 Å². The topological polar surface area (TPSA) is 115 Å². The molecular weight excluding hydrogens is 500 g/mol. The third kappa shape index (κ3) is 6.89. The lowest BCUT2D eigenvalue weighted by Crippen LogP contribution is -2.76. The highest BCUT2D eigenvalue weighted by molar-refractivity contribution is 5.91. The van der Waals surface area contributed by atoms with Gasteiger partial charge in [0.05, 0.1) is 13.1 Å². The van der Waals surface area contributed by atoms with Gasteiger partial charge in [0.1, 0.15) is 18.8 Å². The zero-order valence-electron chi connectivity index (χ0n) is 22.7. The predicted octanol–water partition coefficient (Wildman–Crippen LogP) is 2.45. The molecule has 11 nitrogen and oxygen atoms in total. The molecule has 0 bridgehead atoms. The van der Waals surface area contributed by atoms with Gasteiger partial charge < -0.3 is 25.2 Å². The van der Waals surface area contributed by atoms with Gasteiger partial charge in [-0.2, -0.15) is 0 Å². The van der Waals surface area contributed by atoms with Gasteiger partial charge in [0, 0.05) is 26.2 Å². The van der Waals surface area contributed by atoms with Crippen LogP contribution in [0.5, 0.6) is 0 Å². The Bertz CT molecular complexity index is 1030. The Labute approximate surface area is 230 Å². The van der Waals surface area contributed by atoms with E-state index in [1.165, 1.54) is 6.08 Å². The van der Waals surface area contributed by atoms with Crippen molar-refractivity contribution in [2.75, 3.05) is 33.3 Å². The summed E-state index contributed by atoms with van der Waals surface area (Å²) >= 11 is 0. The van der Waals surface area contributed by atoms with Crippen LogP contribution in [0.25, 0.3) is 0 Å². The lowest BCUT2D eigenvalue weighted by molar-refractivity contribution is -0.190. The predicted molar refractivity (Wildman–Crippen MR) is 145 cm³/mol. The summed E-state index contributed by atoms with van der Waals surface area (Å²) in [7, 11) is 1.73. The molecule has 3 fully saturated rings. The molecule has 0 radical (unpaired) electrons. The summed E-state index contributed by atoms with van der Waals surface area (Å²) in [5.41, 5.74) is 0.970. The van der Waals surface area contributed by atoms with Crippen LogP contribution in [0.4, 0.5) is 9.59 Å². The van der Waals surface area contributed by atoms with Crippen LogP contribution in [0.1, 0.15) is 50.5 Å². The van der Waals surface area contributed by atoms with Crippen LogP contribution in [0.2, 0.25) is 0 Å². The molecule has 1 aromatic carbocycles. The van der Waals surface area contributed by atoms with Gasteiger partial charge in [-0.25, -0.2) is 19.6 Å². The van der Waals surface area contributed by atoms with E-state index in [1.807, 2.05) is 35.2 Å². The van der Waals surface area contributed by atoms with Crippen molar-refractivity contribution in [3.63, 3.8) is 0 Å². The zero-order valence-corrected chi connectivity index (χ0v) is 22.7. The van der Waals surface area contributed by atoms with Crippen LogP contribution in [0, 0.1) is 0 Å². The Kier molecular flexibility index (Phi) is 9.80. The normalized spacial score (nSPS) is 22.3. The number of hydrogen-bond donors (Lipinski definition) is 2. The number of amides is 5. The largest absolute Gasteiger partial charge is 0.445 e. The van der Waals surface area contributed by atoms with E-state index < -0.39 is 18.3 Å². The molecule has 11 heteroatoms. The molecule has 5 amide bonds. The summed E-state index contributed by atoms with van der Waals surface area (Å²) in [6, 6.07) is 8.72. The van der Waals surface area contributed by atoms with Gasteiger partial charge in [0.25, 0.3) is 0 Å². The van der Waals surface area contributed by atoms with Gasteiger partial charge in [-0.1, -0.05) is 62.2 Å². The van der Waals surface area contributed by atoms with Crippen molar-refractivity contribution in [2.24, 2.45) is 0 Å². The highest BCUT2D eigenvalue weighted by Crippen LogP contribution is 2.32. The van der Waals surface area contributed by atoms with Crippen molar-refractivity contribution >= 4 is 23.9 Å². The number of nitrogens with zero attached hydrogens (tertiary/aromatic N) is 4. The van der Waals surface area contributed by atoms with Gasteiger partial charge in [-0.15, -0.1) is 0 Å². The van der Waals surface area contributed by atoms with Gasteiger partial charge in [0.15, 0.2) is 0 Å². The highest BCUT2D eigenvalue weighted by atomic mass is 16.5. The average molecular weight is 541 g/mol. The van der Waals surface area contributed by atoms with E-state index in [-0.39, 0.29) is 43.6 Å². The summed E-state index contributed by atoms with van der Waals surface area (Å²) in [6.45, 7) is 4.56. The van der Waals surface area contributed by atoms with E-state index in [4.69, 9.17) is 4.74 Å². The number of rotatable bonds is 9. The molecule has 2 atom stereocenters. The number of urea groups is 1. The molecule has 2 saturated heterocycles. The van der Waals surface area contributed by atoms with Gasteiger partial charge >= 0.3 is 12.1 Å². The average Bonchev–Trinajstić information content (AvgIpc) is 2.94. The number of carbonyl (C=O) groups excluding carboxylic acids is 4. The Hall–Kier alpha value is -3.60. The first kappa shape index (κ1) is 28.4. The Morgan fingerprint density at radius 1 is 1.10 bits per heavy atom. The summed E-state index contributed by atoms with van der Waals surface area (Å²) in [5.74, 6) is -0.260. The smallest absolute Gasteiger partial charge is 0.407 e. The SMILES string of the molecule is C=CCOC(=O)NCCC[C@H]1C(=O)N(C2CCCCC2)C[C@H]2N1C(=O)CN(C)N2C(=O)NCc1ccccc1. The second-order valence-electron chi connectivity index (χ2n) is 10.3. The van der Waals surface area contributed by atoms with E-state index in [9.17, 15) is 19.2 Å². The second-order valence-corrected chi connectivity index (χ2v) is 10.3. The van der Waals surface area contributed by atoms with E-state index in [2.05, 4.69) is 17.2 Å². The standard InChI is InChI=1S/C28H40N6O5/c1-3-17-39-28(38)29-16-10-15-23-26(36)32(22-13-8-5-9-14-22)19-24-33(23)25(35)20-31(2)34(24)27(37)30-18-21-11-6-4-7-12-21/h3-4,6-7,11-12,22-24H,1,5,8-10,13-20H2,2H3,(H,29,38)(H,30,37)/t23-,24-/m0/s1. The van der Waals surface area contributed by atoms with E-state index in [0.717, 1.165) is 37.7 Å². The van der Waals surface area contributed by atoms with E-state index >= 15 is 0 Å². The first-order valence-corrected chi connectivity index (χ1v) is 13.9. The van der Waals surface area contributed by atoms with Crippen molar-refractivity contribution < 1.29 is 23.9 Å². The van der Waals surface area contributed by atoms with Crippen LogP contribution in [0.3, 0.4) is 0 Å². The molecule has 1 saturated carbocycles. The third-order valence-corrected chi connectivity index (χ3v) is 7.65. The van der Waals surface area contributed by atoms with Crippen LogP contribution >= 0.6 is 0 Å². The van der Waals surface area contributed by atoms with Crippen molar-refractivity contribution in [2.45, 2.75) is 69.7 Å². The number of alkyl carbamates (subject to hydrolysis) is 1. The molecule has 0 aromatic heterocycles. The quantitative estimate of drug-likeness (QED) is 0.367. The molecule has 3 aliphatic rings. The fourth-order valence-corrected chi connectivity index (χ4v) is 5.79. The Morgan fingerprint density at radius 2 is 1.85 bits per heavy atom. The fraction of sp³-hybridized carbons (Fsp3) is 0.571. The van der Waals surface area contributed by atoms with Crippen LogP contribution in [-0.2, 0) is 20.9 Å². The summed E-state index contributed by atoms with van der Waals surface area (Å²) in [4.78, 5) is 56.0. The number of nitrogens with one attached hydrogen (secondary N) is 2. The molecule has 2 heterocycles. The summed E-state index contributed by atoms with van der Waals surface area (Å²) < 4.78 is 4.95. The minimum absolute atomic E-state index is 0.00536. The number of ether oxygens (including phenoxy) is 1. The number of likely N-dealkylation sites (N-methyl/N-ethyl adjacent to an activating group) is 1. The number of carbonyl (C=O) groups is 4. The molecule has 2 aliphatic heterocycles. The zero-order chi connectivity index (χ0) is 27.8. The summed E-state index contributed by atoms with van der Waals surface area (Å²) in [6.07, 6.45) is 6.29. The summed E-state index contributed by atoms with van der Waals surface area (Å²) in [5, 5.41) is 8.89. The van der Waals surface area contributed by atoms with Crippen LogP contribution in [-0.4, -0.2) is 95.3 Å². The number of hydrazine groups is 1. The molecule has 4 rings (SSSR count). The minimum Gasteiger partial charge on any atom is -0.445 e. The molecule has 0 spiro atoms. The first-order chi connectivity index (χ1) is 18.9. The Balaban J connectivity index is 1.51. The maximum Gasteiger partial charge on any atom is 0.407 e. The molecule has 1 aliphatic carbocycles. The van der Waals surface area contributed by atoms with E-state index in [1.54, 1.807) is 22.0 Å². The third-order valence-electron chi connectivity index (χ3n) is 7.65. The van der Waals surface area contributed by atoms with Crippen LogP contribution in [0.15, 0.2) is 43.0 Å². The monoisotopic (exact) mass is 540 g/mol. The fourth-order valence-electron chi connectivity index (χ4n) is 5.79. The van der Waals surface area contributed by atoms with Gasteiger partial charge in [-0.3, -0.25) is 9.59 Å². The van der Waals surface area contributed by atoms with Crippen molar-refractivity contribution in [1.29, 1.82) is 0 Å². The van der Waals surface area contributed by atoms with Crippen molar-refractivity contribution in [1.82, 2.24) is 30.5 Å². The van der Waals surface area contributed by atoms with Gasteiger partial charge in [-0.05, 0) is 31.2 Å². The lowest BCUT2D eigenvalue weighted by Gasteiger charge is -2.56. The maximum atomic E-state index is 13.8. The number of benzene rings is 1. The molecule has 39 heavy (non-hydrogen) atoms. The molecule has 0 unspecified atom stereocenters. The lowest BCUT2D eigenvalue weighted by atomic mass is 9.91. The minimum atomic E-state index is -0.706. The second kappa shape index (κ2) is 13.5. The molecule has 212 valence electrons. The van der Waals surface area contributed by atoms with Gasteiger partial charge in [0.2, 0.25) is 11.8 Å². The van der Waals surface area contributed by atoms with Crippen molar-refractivity contribution in [3.05, 3.63) is 48.6 Å². The van der Waals surface area contributed by atoms with Crippen LogP contribution < -0.4 is 10.6 Å². The number of hydrogen-bond acceptors (Lipinski definition) is 6. The first-order valence-electron chi connectivity index (χ1n) is 13.9. The number of fused-ring (bicyclic) bond motifs is 1.